The van der Waals surface area contributed by atoms with E-state index in [0.29, 0.717) is 6.10 Å². The van der Waals surface area contributed by atoms with Gasteiger partial charge in [-0.05, 0) is 31.5 Å². The average Bonchev–Trinajstić information content (AvgIpc) is 2.54. The van der Waals surface area contributed by atoms with Crippen LogP contribution in [0.3, 0.4) is 0 Å². The highest BCUT2D eigenvalue weighted by atomic mass is 35.5. The van der Waals surface area contributed by atoms with Gasteiger partial charge in [-0.3, -0.25) is 4.90 Å². The number of anilines is 1. The van der Waals surface area contributed by atoms with E-state index < -0.39 is 0 Å². The molecular formula is C14H21ClN2O. The molecule has 4 heteroatoms. The Labute approximate surface area is 114 Å². The van der Waals surface area contributed by atoms with E-state index in [1.165, 1.54) is 0 Å². The van der Waals surface area contributed by atoms with Gasteiger partial charge in [0.15, 0.2) is 0 Å². The number of hydrogen-bond donors (Lipinski definition) is 1. The standard InChI is InChI=1S/C14H21ClN2O/c1-12-11-17(7-3-9-18-12)8-6-16-14-5-2-4-13(15)10-14/h2,4-5,10,12,16H,3,6-9,11H2,1H3. The second-order valence-corrected chi connectivity index (χ2v) is 5.21. The summed E-state index contributed by atoms with van der Waals surface area (Å²) in [7, 11) is 0. The summed E-state index contributed by atoms with van der Waals surface area (Å²) in [6.07, 6.45) is 1.47. The molecule has 2 rings (SSSR count). The molecule has 0 aliphatic carbocycles. The second-order valence-electron chi connectivity index (χ2n) is 4.77. The minimum atomic E-state index is 0.346. The normalized spacial score (nSPS) is 21.6. The first-order valence-electron chi connectivity index (χ1n) is 6.57. The lowest BCUT2D eigenvalue weighted by atomic mass is 10.3. The average molecular weight is 269 g/mol. The quantitative estimate of drug-likeness (QED) is 0.909. The summed E-state index contributed by atoms with van der Waals surface area (Å²) in [4.78, 5) is 2.45. The maximum Gasteiger partial charge on any atom is 0.0673 e. The molecule has 1 aliphatic heterocycles. The highest BCUT2D eigenvalue weighted by Crippen LogP contribution is 2.14. The van der Waals surface area contributed by atoms with E-state index in [0.717, 1.165) is 49.9 Å². The fourth-order valence-corrected chi connectivity index (χ4v) is 2.43. The van der Waals surface area contributed by atoms with Crippen molar-refractivity contribution in [2.75, 3.05) is 38.1 Å². The van der Waals surface area contributed by atoms with Gasteiger partial charge in [0.2, 0.25) is 0 Å². The van der Waals surface area contributed by atoms with Crippen LogP contribution in [-0.2, 0) is 4.74 Å². The Bertz CT molecular complexity index is 373. The number of benzene rings is 1. The summed E-state index contributed by atoms with van der Waals surface area (Å²) in [5, 5.41) is 4.18. The zero-order chi connectivity index (χ0) is 12.8. The smallest absolute Gasteiger partial charge is 0.0673 e. The Morgan fingerprint density at radius 1 is 1.50 bits per heavy atom. The molecule has 0 saturated carbocycles. The summed E-state index contributed by atoms with van der Waals surface area (Å²) in [5.74, 6) is 0. The molecule has 1 unspecified atom stereocenters. The molecule has 1 aromatic carbocycles. The minimum Gasteiger partial charge on any atom is -0.384 e. The summed E-state index contributed by atoms with van der Waals surface area (Å²) in [6.45, 7) is 7.16. The molecule has 1 fully saturated rings. The van der Waals surface area contributed by atoms with E-state index in [-0.39, 0.29) is 0 Å². The van der Waals surface area contributed by atoms with Crippen molar-refractivity contribution in [3.05, 3.63) is 29.3 Å². The van der Waals surface area contributed by atoms with Crippen LogP contribution >= 0.6 is 11.6 Å². The van der Waals surface area contributed by atoms with E-state index in [2.05, 4.69) is 17.1 Å². The van der Waals surface area contributed by atoms with Crippen molar-refractivity contribution in [2.45, 2.75) is 19.4 Å². The maximum absolute atomic E-state index is 5.95. The first-order valence-corrected chi connectivity index (χ1v) is 6.95. The number of rotatable bonds is 4. The molecule has 1 N–H and O–H groups in total. The fourth-order valence-electron chi connectivity index (χ4n) is 2.24. The summed E-state index contributed by atoms with van der Waals surface area (Å²) >= 11 is 5.95. The van der Waals surface area contributed by atoms with Gasteiger partial charge in [0.1, 0.15) is 0 Å². The Balaban J connectivity index is 1.74. The zero-order valence-electron chi connectivity index (χ0n) is 10.9. The molecule has 100 valence electrons. The summed E-state index contributed by atoms with van der Waals surface area (Å²) < 4.78 is 5.63. The predicted octanol–water partition coefficient (Wildman–Crippen LogP) is 2.86. The largest absolute Gasteiger partial charge is 0.384 e. The van der Waals surface area contributed by atoms with Crippen molar-refractivity contribution in [1.82, 2.24) is 4.90 Å². The molecule has 3 nitrogen and oxygen atoms in total. The van der Waals surface area contributed by atoms with Crippen molar-refractivity contribution < 1.29 is 4.74 Å². The molecule has 0 radical (unpaired) electrons. The summed E-state index contributed by atoms with van der Waals surface area (Å²) in [5.41, 5.74) is 1.08. The molecular weight excluding hydrogens is 248 g/mol. The molecule has 0 aromatic heterocycles. The van der Waals surface area contributed by atoms with E-state index >= 15 is 0 Å². The lowest BCUT2D eigenvalue weighted by molar-refractivity contribution is 0.0683. The lowest BCUT2D eigenvalue weighted by Gasteiger charge is -2.22. The Morgan fingerprint density at radius 2 is 2.39 bits per heavy atom. The number of ether oxygens (including phenoxy) is 1. The third kappa shape index (κ3) is 4.48. The van der Waals surface area contributed by atoms with Gasteiger partial charge >= 0.3 is 0 Å². The fraction of sp³-hybridized carbons (Fsp3) is 0.571. The number of nitrogens with one attached hydrogen (secondary N) is 1. The van der Waals surface area contributed by atoms with Crippen molar-refractivity contribution in [3.8, 4) is 0 Å². The maximum atomic E-state index is 5.95. The molecule has 1 atom stereocenters. The van der Waals surface area contributed by atoms with E-state index in [1.807, 2.05) is 24.3 Å². The molecule has 1 saturated heterocycles. The highest BCUT2D eigenvalue weighted by Gasteiger charge is 2.13. The van der Waals surface area contributed by atoms with Crippen LogP contribution in [0.2, 0.25) is 5.02 Å². The van der Waals surface area contributed by atoms with Gasteiger partial charge < -0.3 is 10.1 Å². The van der Waals surface area contributed by atoms with Crippen LogP contribution in [0.5, 0.6) is 0 Å². The topological polar surface area (TPSA) is 24.5 Å². The predicted molar refractivity (Wildman–Crippen MR) is 76.4 cm³/mol. The zero-order valence-corrected chi connectivity index (χ0v) is 11.6. The molecule has 1 heterocycles. The van der Waals surface area contributed by atoms with Gasteiger partial charge in [0.05, 0.1) is 6.10 Å². The van der Waals surface area contributed by atoms with Crippen LogP contribution in [0, 0.1) is 0 Å². The molecule has 0 amide bonds. The first kappa shape index (κ1) is 13.7. The molecule has 1 aromatic rings. The summed E-state index contributed by atoms with van der Waals surface area (Å²) in [6, 6.07) is 7.85. The van der Waals surface area contributed by atoms with Crippen molar-refractivity contribution in [1.29, 1.82) is 0 Å². The molecule has 1 aliphatic rings. The number of nitrogens with zero attached hydrogens (tertiary/aromatic N) is 1. The third-order valence-corrected chi connectivity index (χ3v) is 3.35. The van der Waals surface area contributed by atoms with Crippen molar-refractivity contribution >= 4 is 17.3 Å². The molecule has 18 heavy (non-hydrogen) atoms. The van der Waals surface area contributed by atoms with Crippen LogP contribution in [0.4, 0.5) is 5.69 Å². The third-order valence-electron chi connectivity index (χ3n) is 3.12. The first-order chi connectivity index (χ1) is 8.74. The minimum absolute atomic E-state index is 0.346. The van der Waals surface area contributed by atoms with E-state index in [9.17, 15) is 0 Å². The lowest BCUT2D eigenvalue weighted by Crippen LogP contribution is -2.34. The van der Waals surface area contributed by atoms with E-state index in [1.54, 1.807) is 0 Å². The molecule has 0 bridgehead atoms. The Hall–Kier alpha value is -0.770. The monoisotopic (exact) mass is 268 g/mol. The highest BCUT2D eigenvalue weighted by molar-refractivity contribution is 6.30. The van der Waals surface area contributed by atoms with Crippen LogP contribution in [0.15, 0.2) is 24.3 Å². The van der Waals surface area contributed by atoms with Crippen LogP contribution < -0.4 is 5.32 Å². The van der Waals surface area contributed by atoms with Gasteiger partial charge in [-0.25, -0.2) is 0 Å². The Kier molecular flexibility index (Phi) is 5.29. The van der Waals surface area contributed by atoms with Crippen LogP contribution in [0.25, 0.3) is 0 Å². The van der Waals surface area contributed by atoms with Gasteiger partial charge in [0, 0.05) is 43.5 Å². The van der Waals surface area contributed by atoms with Crippen molar-refractivity contribution in [2.24, 2.45) is 0 Å². The van der Waals surface area contributed by atoms with Crippen LogP contribution in [-0.4, -0.2) is 43.8 Å². The number of hydrogen-bond acceptors (Lipinski definition) is 3. The number of halogens is 1. The Morgan fingerprint density at radius 3 is 3.22 bits per heavy atom. The van der Waals surface area contributed by atoms with E-state index in [4.69, 9.17) is 16.3 Å². The van der Waals surface area contributed by atoms with Gasteiger partial charge in [0.25, 0.3) is 0 Å². The van der Waals surface area contributed by atoms with Gasteiger partial charge in [-0.15, -0.1) is 0 Å². The second kappa shape index (κ2) is 6.98. The van der Waals surface area contributed by atoms with Crippen molar-refractivity contribution in [3.63, 3.8) is 0 Å². The SMILES string of the molecule is CC1CN(CCNc2cccc(Cl)c2)CCCO1. The van der Waals surface area contributed by atoms with Gasteiger partial charge in [-0.2, -0.15) is 0 Å². The van der Waals surface area contributed by atoms with Crippen LogP contribution in [0.1, 0.15) is 13.3 Å². The molecule has 0 spiro atoms. The van der Waals surface area contributed by atoms with Gasteiger partial charge in [-0.1, -0.05) is 17.7 Å².